The number of fused-ring (bicyclic) bond motifs is 5. The van der Waals surface area contributed by atoms with E-state index in [0.29, 0.717) is 18.1 Å². The van der Waals surface area contributed by atoms with E-state index >= 15 is 0 Å². The summed E-state index contributed by atoms with van der Waals surface area (Å²) < 4.78 is 0. The van der Waals surface area contributed by atoms with Gasteiger partial charge in [0.05, 0.1) is 17.8 Å². The first-order valence-corrected chi connectivity index (χ1v) is 30.5. The average Bonchev–Trinajstić information content (AvgIpc) is 3.72. The van der Waals surface area contributed by atoms with Crippen LogP contribution in [0, 0.1) is 0 Å². The smallest absolute Gasteiger partial charge is 0.247 e. The third-order valence-corrected chi connectivity index (χ3v) is 20.4. The van der Waals surface area contributed by atoms with Crippen LogP contribution < -0.4 is 30.5 Å². The molecule has 75 heavy (non-hydrogen) atoms. The van der Waals surface area contributed by atoms with Crippen molar-refractivity contribution in [1.29, 1.82) is 0 Å². The van der Waals surface area contributed by atoms with Crippen molar-refractivity contribution in [3.05, 3.63) is 173 Å². The lowest BCUT2D eigenvalue weighted by molar-refractivity contribution is 0.199. The van der Waals surface area contributed by atoms with E-state index in [9.17, 15) is 0 Å². The Morgan fingerprint density at radius 1 is 0.573 bits per heavy atom. The van der Waals surface area contributed by atoms with Gasteiger partial charge in [0.1, 0.15) is 0 Å². The van der Waals surface area contributed by atoms with E-state index in [0.717, 1.165) is 51.4 Å². The van der Waals surface area contributed by atoms with E-state index in [1.54, 1.807) is 33.3 Å². The molecule has 0 saturated heterocycles. The SMILES string of the molecule is CC1(C)N2c3cc(N(C4=CCCC=C4)C4=CCCC=C4)cc4c3B(C3=CC=C(N(C5=CCCCC5)C5C=CC=CC5)CC3N4C3CCCCC3)c3cc(N(C4=CCCC=C4)C4C=CCCC4)cc(c32)C12CCCCC2. The number of hydrogen-bond donors (Lipinski definition) is 0. The highest BCUT2D eigenvalue weighted by molar-refractivity contribution is 6.95. The Morgan fingerprint density at radius 2 is 1.32 bits per heavy atom. The summed E-state index contributed by atoms with van der Waals surface area (Å²) >= 11 is 0. The van der Waals surface area contributed by atoms with Crippen LogP contribution >= 0.6 is 0 Å². The van der Waals surface area contributed by atoms with Gasteiger partial charge < -0.3 is 24.5 Å². The lowest BCUT2D eigenvalue weighted by atomic mass is 9.31. The lowest BCUT2D eigenvalue weighted by Gasteiger charge is -2.55. The maximum atomic E-state index is 3.10. The predicted octanol–water partition coefficient (Wildman–Crippen LogP) is 16.1. The van der Waals surface area contributed by atoms with Crippen LogP contribution in [0.1, 0.15) is 180 Å². The third kappa shape index (κ3) is 7.98. The highest BCUT2D eigenvalue weighted by Crippen LogP contribution is 2.63. The summed E-state index contributed by atoms with van der Waals surface area (Å²) in [6.07, 6.45) is 74.9. The Labute approximate surface area is 451 Å². The number of hydrogen-bond acceptors (Lipinski definition) is 5. The summed E-state index contributed by atoms with van der Waals surface area (Å²) in [7, 11) is 0. The highest BCUT2D eigenvalue weighted by Gasteiger charge is 2.62. The number of rotatable bonds is 10. The Bertz CT molecular complexity index is 2950. The fraction of sp³-hybridized carbons (Fsp3) is 0.478. The molecule has 2 aromatic carbocycles. The van der Waals surface area contributed by atoms with Crippen LogP contribution in [-0.2, 0) is 5.41 Å². The zero-order valence-corrected chi connectivity index (χ0v) is 45.5. The molecule has 6 heteroatoms. The van der Waals surface area contributed by atoms with Crippen LogP contribution in [-0.4, -0.2) is 41.3 Å². The zero-order valence-electron chi connectivity index (χ0n) is 45.5. The fourth-order valence-corrected chi connectivity index (χ4v) is 16.9. The van der Waals surface area contributed by atoms with Crippen LogP contribution in [0.2, 0.25) is 0 Å². The van der Waals surface area contributed by atoms with Gasteiger partial charge in [0.15, 0.2) is 0 Å². The van der Waals surface area contributed by atoms with E-state index < -0.39 is 0 Å². The van der Waals surface area contributed by atoms with E-state index in [-0.39, 0.29) is 23.7 Å². The standard InChI is InChI=1S/C69H82BN5/c1-68(2)69(43-25-10-26-44-69)60-45-58(72(52-31-15-5-16-32-52)53-33-17-6-18-34-53)46-62-67(60)75(68)65-49-59(73(54-35-19-7-20-36-54)55-37-21-8-22-38-55)48-64-66(65)70(62)61-42-41-57(47-63(61)74(64)56-39-23-9-24-40-56)71(50-27-11-3-12-28-50)51-29-13-4-14-30-51/h3,11-12,15,17,19,21,27,29,31-33,35-38,41-42,45-46,48-50,53,56,63H,4-10,13-14,16,18,20,22-26,28,30,34,39-40,43-44,47H2,1-2H3. The minimum absolute atomic E-state index is 0.0300. The summed E-state index contributed by atoms with van der Waals surface area (Å²) in [4.78, 5) is 14.4. The van der Waals surface area contributed by atoms with Crippen molar-refractivity contribution in [2.45, 2.75) is 209 Å². The number of benzene rings is 2. The van der Waals surface area contributed by atoms with Crippen molar-refractivity contribution in [2.75, 3.05) is 19.6 Å². The topological polar surface area (TPSA) is 16.2 Å². The average molecular weight is 992 g/mol. The summed E-state index contributed by atoms with van der Waals surface area (Å²) in [5.41, 5.74) is 20.7. The first-order valence-electron chi connectivity index (χ1n) is 30.5. The summed E-state index contributed by atoms with van der Waals surface area (Å²) in [5.74, 6) is 0. The molecule has 0 amide bonds. The molecule has 0 N–H and O–H groups in total. The molecule has 14 rings (SSSR count). The summed E-state index contributed by atoms with van der Waals surface area (Å²) in [6, 6.07) is 12.4. The van der Waals surface area contributed by atoms with Crippen LogP contribution in [0.25, 0.3) is 0 Å². The quantitative estimate of drug-likeness (QED) is 0.174. The van der Waals surface area contributed by atoms with E-state index in [1.807, 2.05) is 0 Å². The first-order chi connectivity index (χ1) is 37.0. The molecule has 9 aliphatic carbocycles. The molecule has 0 radical (unpaired) electrons. The van der Waals surface area contributed by atoms with Crippen molar-refractivity contribution in [3.63, 3.8) is 0 Å². The molecule has 1 spiro atoms. The Balaban J connectivity index is 1.06. The summed E-state index contributed by atoms with van der Waals surface area (Å²) in [5, 5.41) is 0. The highest BCUT2D eigenvalue weighted by atomic mass is 15.3. The molecule has 12 aliphatic rings. The largest absolute Gasteiger partial charge is 0.362 e. The Morgan fingerprint density at radius 3 is 2.00 bits per heavy atom. The molecule has 386 valence electrons. The molecule has 3 unspecified atom stereocenters. The second-order valence-corrected chi connectivity index (χ2v) is 24.9. The molecule has 2 aromatic rings. The van der Waals surface area contributed by atoms with Gasteiger partial charge >= 0.3 is 0 Å². The lowest BCUT2D eigenvalue weighted by Crippen LogP contribution is -2.65. The maximum absolute atomic E-state index is 3.10. The molecular formula is C69H82BN5. The molecular weight excluding hydrogens is 910 g/mol. The van der Waals surface area contributed by atoms with Crippen LogP contribution in [0.5, 0.6) is 0 Å². The van der Waals surface area contributed by atoms with E-state index in [1.165, 1.54) is 155 Å². The van der Waals surface area contributed by atoms with Crippen LogP contribution in [0.15, 0.2) is 168 Å². The number of allylic oxidation sites excluding steroid dienone is 16. The molecule has 5 nitrogen and oxygen atoms in total. The molecule has 2 fully saturated rings. The second kappa shape index (κ2) is 19.8. The van der Waals surface area contributed by atoms with E-state index in [2.05, 4.69) is 172 Å². The Hall–Kier alpha value is -5.62. The predicted molar refractivity (Wildman–Crippen MR) is 319 cm³/mol. The van der Waals surface area contributed by atoms with Crippen molar-refractivity contribution in [3.8, 4) is 0 Å². The molecule has 3 atom stereocenters. The van der Waals surface area contributed by atoms with Gasteiger partial charge in [0.25, 0.3) is 0 Å². The second-order valence-electron chi connectivity index (χ2n) is 24.9. The van der Waals surface area contributed by atoms with E-state index in [4.69, 9.17) is 0 Å². The zero-order chi connectivity index (χ0) is 50.1. The van der Waals surface area contributed by atoms with Gasteiger partial charge in [0.2, 0.25) is 6.71 Å². The first kappa shape index (κ1) is 47.8. The molecule has 0 aromatic heterocycles. The monoisotopic (exact) mass is 992 g/mol. The van der Waals surface area contributed by atoms with Gasteiger partial charge in [-0.1, -0.05) is 129 Å². The van der Waals surface area contributed by atoms with Gasteiger partial charge in [-0.2, -0.15) is 0 Å². The van der Waals surface area contributed by atoms with Gasteiger partial charge in [0, 0.05) is 80.7 Å². The number of anilines is 5. The molecule has 3 heterocycles. The van der Waals surface area contributed by atoms with Crippen molar-refractivity contribution in [2.24, 2.45) is 0 Å². The van der Waals surface area contributed by atoms with Crippen LogP contribution in [0.4, 0.5) is 28.4 Å². The minimum atomic E-state index is -0.143. The van der Waals surface area contributed by atoms with Gasteiger partial charge in [-0.25, -0.2) is 0 Å². The Kier molecular flexibility index (Phi) is 12.6. The fourth-order valence-electron chi connectivity index (χ4n) is 16.9. The van der Waals surface area contributed by atoms with Gasteiger partial charge in [-0.3, -0.25) is 0 Å². The van der Waals surface area contributed by atoms with Gasteiger partial charge in [-0.05, 0) is 194 Å². The normalized spacial score (nSPS) is 26.9. The van der Waals surface area contributed by atoms with Crippen molar-refractivity contribution < 1.29 is 0 Å². The summed E-state index contributed by atoms with van der Waals surface area (Å²) in [6.45, 7) is 5.50. The molecule has 3 aliphatic heterocycles. The maximum Gasteiger partial charge on any atom is 0.247 e. The minimum Gasteiger partial charge on any atom is -0.362 e. The molecule has 2 saturated carbocycles. The third-order valence-electron chi connectivity index (χ3n) is 20.4. The van der Waals surface area contributed by atoms with Crippen LogP contribution in [0.3, 0.4) is 0 Å². The van der Waals surface area contributed by atoms with Crippen molar-refractivity contribution >= 4 is 46.1 Å². The van der Waals surface area contributed by atoms with Crippen molar-refractivity contribution in [1.82, 2.24) is 4.90 Å². The number of nitrogens with zero attached hydrogens (tertiary/aromatic N) is 5. The van der Waals surface area contributed by atoms with Gasteiger partial charge in [-0.15, -0.1) is 0 Å². The molecule has 0 bridgehead atoms.